The number of aromatic amines is 2. The van der Waals surface area contributed by atoms with E-state index in [1.807, 2.05) is 6.07 Å². The van der Waals surface area contributed by atoms with Gasteiger partial charge in [-0.05, 0) is 37.0 Å². The quantitative estimate of drug-likeness (QED) is 0.501. The SMILES string of the molecule is O=C(O)CCC(=O)NCCCCCc1ccc2c(=O)[nH][nH]c(=O)c2c1. The van der Waals surface area contributed by atoms with Crippen molar-refractivity contribution in [2.24, 2.45) is 0 Å². The van der Waals surface area contributed by atoms with E-state index in [1.54, 1.807) is 12.1 Å². The maximum Gasteiger partial charge on any atom is 0.303 e. The van der Waals surface area contributed by atoms with Crippen molar-refractivity contribution in [3.8, 4) is 0 Å². The van der Waals surface area contributed by atoms with Gasteiger partial charge < -0.3 is 10.4 Å². The zero-order valence-corrected chi connectivity index (χ0v) is 13.8. The molecule has 1 heterocycles. The normalized spacial score (nSPS) is 10.7. The number of H-pyrrole nitrogens is 2. The van der Waals surface area contributed by atoms with Gasteiger partial charge in [-0.15, -0.1) is 0 Å². The minimum absolute atomic E-state index is 0.0000995. The van der Waals surface area contributed by atoms with E-state index in [1.165, 1.54) is 0 Å². The Kier molecular flexibility index (Phi) is 6.50. The molecule has 1 amide bonds. The summed E-state index contributed by atoms with van der Waals surface area (Å²) in [5.74, 6) is -1.23. The minimum atomic E-state index is -0.980. The van der Waals surface area contributed by atoms with E-state index in [0.717, 1.165) is 31.2 Å². The Labute approximate surface area is 143 Å². The number of rotatable bonds is 9. The Balaban J connectivity index is 1.74. The molecule has 8 heteroatoms. The van der Waals surface area contributed by atoms with E-state index in [0.29, 0.717) is 17.3 Å². The molecule has 2 aromatic rings. The first-order valence-electron chi connectivity index (χ1n) is 8.19. The maximum absolute atomic E-state index is 11.8. The van der Waals surface area contributed by atoms with Crippen LogP contribution in [0.1, 0.15) is 37.7 Å². The number of aliphatic carboxylic acids is 1. The first-order valence-corrected chi connectivity index (χ1v) is 8.19. The Morgan fingerprint density at radius 1 is 0.960 bits per heavy atom. The van der Waals surface area contributed by atoms with Crippen molar-refractivity contribution in [1.29, 1.82) is 0 Å². The number of carboxylic acid groups (broad SMARTS) is 1. The number of benzene rings is 1. The van der Waals surface area contributed by atoms with Crippen LogP contribution in [0.4, 0.5) is 0 Å². The predicted molar refractivity (Wildman–Crippen MR) is 92.6 cm³/mol. The fraction of sp³-hybridized carbons (Fsp3) is 0.412. The summed E-state index contributed by atoms with van der Waals surface area (Å²) in [6.07, 6.45) is 3.19. The van der Waals surface area contributed by atoms with Crippen LogP contribution in [0.5, 0.6) is 0 Å². The molecule has 0 spiro atoms. The van der Waals surface area contributed by atoms with Crippen LogP contribution >= 0.6 is 0 Å². The van der Waals surface area contributed by atoms with Crippen molar-refractivity contribution in [2.45, 2.75) is 38.5 Å². The summed E-state index contributed by atoms with van der Waals surface area (Å²) in [5, 5.41) is 16.5. The average Bonchev–Trinajstić information content (AvgIpc) is 2.59. The van der Waals surface area contributed by atoms with Gasteiger partial charge >= 0.3 is 5.97 Å². The van der Waals surface area contributed by atoms with Crippen molar-refractivity contribution >= 4 is 22.6 Å². The number of hydrogen-bond acceptors (Lipinski definition) is 4. The van der Waals surface area contributed by atoms with E-state index < -0.39 is 5.97 Å². The molecule has 25 heavy (non-hydrogen) atoms. The van der Waals surface area contributed by atoms with Crippen LogP contribution < -0.4 is 16.4 Å². The van der Waals surface area contributed by atoms with Crippen molar-refractivity contribution in [3.63, 3.8) is 0 Å². The van der Waals surface area contributed by atoms with Gasteiger partial charge in [-0.3, -0.25) is 29.4 Å². The molecule has 1 aromatic heterocycles. The molecule has 134 valence electrons. The van der Waals surface area contributed by atoms with Crippen LogP contribution in [-0.4, -0.2) is 33.7 Å². The number of hydrogen-bond donors (Lipinski definition) is 4. The Morgan fingerprint density at radius 2 is 1.68 bits per heavy atom. The smallest absolute Gasteiger partial charge is 0.303 e. The van der Waals surface area contributed by atoms with Crippen LogP contribution in [0.3, 0.4) is 0 Å². The molecule has 0 atom stereocenters. The molecular weight excluding hydrogens is 326 g/mol. The lowest BCUT2D eigenvalue weighted by atomic mass is 10.0. The molecular formula is C17H21N3O5. The van der Waals surface area contributed by atoms with E-state index >= 15 is 0 Å². The fourth-order valence-corrected chi connectivity index (χ4v) is 2.55. The molecule has 4 N–H and O–H groups in total. The number of aryl methyl sites for hydroxylation is 1. The number of carbonyl (C=O) groups is 2. The molecule has 0 bridgehead atoms. The third-order valence-corrected chi connectivity index (χ3v) is 3.89. The second-order valence-corrected chi connectivity index (χ2v) is 5.84. The molecule has 1 aromatic carbocycles. The highest BCUT2D eigenvalue weighted by atomic mass is 16.4. The number of carboxylic acids is 1. The van der Waals surface area contributed by atoms with Gasteiger partial charge in [0, 0.05) is 13.0 Å². The summed E-state index contributed by atoms with van der Waals surface area (Å²) < 4.78 is 0. The van der Waals surface area contributed by atoms with Crippen LogP contribution in [0.2, 0.25) is 0 Å². The topological polar surface area (TPSA) is 132 Å². The standard InChI is InChI=1S/C17H21N3O5/c21-14(7-8-15(22)23)18-9-3-1-2-4-11-5-6-12-13(10-11)17(25)20-19-16(12)24/h5-6,10H,1-4,7-9H2,(H,18,21)(H,19,24)(H,20,25)(H,22,23). The lowest BCUT2D eigenvalue weighted by Gasteiger charge is -2.05. The number of carbonyl (C=O) groups excluding carboxylic acids is 1. The zero-order valence-electron chi connectivity index (χ0n) is 13.8. The predicted octanol–water partition coefficient (Wildman–Crippen LogP) is 0.910. The van der Waals surface area contributed by atoms with Gasteiger partial charge in [-0.25, -0.2) is 0 Å². The largest absolute Gasteiger partial charge is 0.481 e. The maximum atomic E-state index is 11.8. The second kappa shape index (κ2) is 8.81. The van der Waals surface area contributed by atoms with E-state index in [-0.39, 0.29) is 29.9 Å². The highest BCUT2D eigenvalue weighted by molar-refractivity contribution is 5.81. The van der Waals surface area contributed by atoms with Gasteiger partial charge in [0.2, 0.25) is 5.91 Å². The molecule has 0 radical (unpaired) electrons. The van der Waals surface area contributed by atoms with Crippen LogP contribution in [0.15, 0.2) is 27.8 Å². The molecule has 0 aliphatic carbocycles. The molecule has 0 aliphatic rings. The third kappa shape index (κ3) is 5.59. The van der Waals surface area contributed by atoms with Gasteiger partial charge in [0.1, 0.15) is 0 Å². The zero-order chi connectivity index (χ0) is 18.2. The summed E-state index contributed by atoms with van der Waals surface area (Å²) in [4.78, 5) is 45.1. The van der Waals surface area contributed by atoms with Gasteiger partial charge in [0.05, 0.1) is 17.2 Å². The number of unbranched alkanes of at least 4 members (excludes halogenated alkanes) is 2. The first kappa shape index (κ1) is 18.4. The van der Waals surface area contributed by atoms with Gasteiger partial charge in [-0.2, -0.15) is 0 Å². The summed E-state index contributed by atoms with van der Waals surface area (Å²) in [7, 11) is 0. The summed E-state index contributed by atoms with van der Waals surface area (Å²) in [5.41, 5.74) is 0.342. The summed E-state index contributed by atoms with van der Waals surface area (Å²) >= 11 is 0. The molecule has 8 nitrogen and oxygen atoms in total. The number of fused-ring (bicyclic) bond motifs is 1. The highest BCUT2D eigenvalue weighted by Gasteiger charge is 2.05. The van der Waals surface area contributed by atoms with Gasteiger partial charge in [0.15, 0.2) is 0 Å². The minimum Gasteiger partial charge on any atom is -0.481 e. The molecule has 0 saturated heterocycles. The molecule has 0 fully saturated rings. The highest BCUT2D eigenvalue weighted by Crippen LogP contribution is 2.11. The van der Waals surface area contributed by atoms with Crippen LogP contribution in [0, 0.1) is 0 Å². The average molecular weight is 347 g/mol. The Morgan fingerprint density at radius 3 is 2.40 bits per heavy atom. The number of amides is 1. The second-order valence-electron chi connectivity index (χ2n) is 5.84. The van der Waals surface area contributed by atoms with E-state index in [9.17, 15) is 19.2 Å². The summed E-state index contributed by atoms with van der Waals surface area (Å²) in [6, 6.07) is 5.23. The van der Waals surface area contributed by atoms with Crippen LogP contribution in [-0.2, 0) is 16.0 Å². The third-order valence-electron chi connectivity index (χ3n) is 3.89. The number of nitrogens with one attached hydrogen (secondary N) is 3. The number of aromatic nitrogens is 2. The lowest BCUT2D eigenvalue weighted by Crippen LogP contribution is -2.24. The molecule has 0 saturated carbocycles. The van der Waals surface area contributed by atoms with Crippen molar-refractivity contribution < 1.29 is 14.7 Å². The lowest BCUT2D eigenvalue weighted by molar-refractivity contribution is -0.138. The molecule has 0 aliphatic heterocycles. The Bertz CT molecular complexity index is 868. The van der Waals surface area contributed by atoms with E-state index in [4.69, 9.17) is 5.11 Å². The first-order chi connectivity index (χ1) is 12.0. The monoisotopic (exact) mass is 347 g/mol. The van der Waals surface area contributed by atoms with Crippen molar-refractivity contribution in [3.05, 3.63) is 44.5 Å². The van der Waals surface area contributed by atoms with Gasteiger partial charge in [0.25, 0.3) is 11.1 Å². The van der Waals surface area contributed by atoms with E-state index in [2.05, 4.69) is 15.5 Å². The van der Waals surface area contributed by atoms with Gasteiger partial charge in [-0.1, -0.05) is 12.5 Å². The Hall–Kier alpha value is -2.90. The van der Waals surface area contributed by atoms with Crippen molar-refractivity contribution in [1.82, 2.24) is 15.5 Å². The molecule has 0 unspecified atom stereocenters. The van der Waals surface area contributed by atoms with Crippen LogP contribution in [0.25, 0.3) is 10.8 Å². The summed E-state index contributed by atoms with van der Waals surface area (Å²) in [6.45, 7) is 0.519. The fourth-order valence-electron chi connectivity index (χ4n) is 2.55. The molecule has 2 rings (SSSR count). The van der Waals surface area contributed by atoms with Crippen molar-refractivity contribution in [2.75, 3.05) is 6.54 Å².